The van der Waals surface area contributed by atoms with E-state index in [0.29, 0.717) is 5.92 Å². The molecule has 0 aromatic carbocycles. The van der Waals surface area contributed by atoms with Crippen molar-refractivity contribution in [1.82, 2.24) is 15.5 Å². The van der Waals surface area contributed by atoms with Crippen LogP contribution in [0.4, 0.5) is 4.79 Å². The fourth-order valence-electron chi connectivity index (χ4n) is 2.31. The molecule has 0 aromatic heterocycles. The Bertz CT molecular complexity index is 308. The average molecular weight is 256 g/mol. The molecule has 6 nitrogen and oxygen atoms in total. The van der Waals surface area contributed by atoms with Gasteiger partial charge in [-0.2, -0.15) is 0 Å². The maximum absolute atomic E-state index is 11.8. The van der Waals surface area contributed by atoms with Gasteiger partial charge in [-0.3, -0.25) is 15.0 Å². The minimum atomic E-state index is -0.465. The zero-order valence-electron chi connectivity index (χ0n) is 11.4. The number of hydrogen-bond acceptors (Lipinski definition) is 4. The Labute approximate surface area is 108 Å². The largest absolute Gasteiger partial charge is 0.341 e. The Morgan fingerprint density at radius 1 is 1.50 bits per heavy atom. The summed E-state index contributed by atoms with van der Waals surface area (Å²) in [6, 6.07) is -0.545. The van der Waals surface area contributed by atoms with E-state index in [1.54, 1.807) is 0 Å². The molecule has 4 N–H and O–H groups in total. The third kappa shape index (κ3) is 3.68. The first-order chi connectivity index (χ1) is 8.49. The van der Waals surface area contributed by atoms with Crippen LogP contribution in [0.25, 0.3) is 0 Å². The van der Waals surface area contributed by atoms with E-state index >= 15 is 0 Å². The van der Waals surface area contributed by atoms with Crippen LogP contribution >= 0.6 is 0 Å². The summed E-state index contributed by atoms with van der Waals surface area (Å²) in [6.07, 6.45) is 1.91. The number of urea groups is 1. The molecule has 1 rings (SSSR count). The van der Waals surface area contributed by atoms with E-state index in [1.807, 2.05) is 6.92 Å². The molecule has 3 unspecified atom stereocenters. The number of nitrogens with one attached hydrogen (secondary N) is 2. The molecular formula is C12H24N4O2. The molecular weight excluding hydrogens is 232 g/mol. The van der Waals surface area contributed by atoms with Crippen LogP contribution in [0.15, 0.2) is 0 Å². The molecule has 0 spiro atoms. The summed E-state index contributed by atoms with van der Waals surface area (Å²) in [5.74, 6) is 0.161. The summed E-state index contributed by atoms with van der Waals surface area (Å²) < 4.78 is 0. The number of imide groups is 1. The van der Waals surface area contributed by atoms with Gasteiger partial charge in [0.2, 0.25) is 5.91 Å². The zero-order chi connectivity index (χ0) is 13.7. The Morgan fingerprint density at radius 3 is 2.72 bits per heavy atom. The molecule has 0 bridgehead atoms. The molecule has 1 aliphatic heterocycles. The van der Waals surface area contributed by atoms with Crippen LogP contribution in [0.3, 0.4) is 0 Å². The molecule has 0 aromatic rings. The van der Waals surface area contributed by atoms with Crippen LogP contribution in [-0.4, -0.2) is 49.1 Å². The molecule has 104 valence electrons. The highest BCUT2D eigenvalue weighted by atomic mass is 16.2. The van der Waals surface area contributed by atoms with E-state index in [4.69, 9.17) is 5.73 Å². The van der Waals surface area contributed by atoms with Gasteiger partial charge >= 0.3 is 6.03 Å². The summed E-state index contributed by atoms with van der Waals surface area (Å²) in [5, 5.41) is 4.68. The van der Waals surface area contributed by atoms with Crippen molar-refractivity contribution in [3.8, 4) is 0 Å². The molecule has 3 amide bonds. The van der Waals surface area contributed by atoms with Crippen LogP contribution < -0.4 is 16.4 Å². The van der Waals surface area contributed by atoms with Crippen LogP contribution in [0.1, 0.15) is 26.7 Å². The standard InChI is InChI=1S/C12H24N4O2/c1-4-9-7-16(6-5-10(9)13)8(2)11(17)15-12(18)14-3/h8-10H,4-7,13H2,1-3H3,(H2,14,15,17,18). The first-order valence-corrected chi connectivity index (χ1v) is 6.51. The fraction of sp³-hybridized carbons (Fsp3) is 0.833. The lowest BCUT2D eigenvalue weighted by Gasteiger charge is -2.39. The maximum atomic E-state index is 11.8. The minimum absolute atomic E-state index is 0.223. The fourth-order valence-corrected chi connectivity index (χ4v) is 2.31. The number of piperidine rings is 1. The molecule has 1 heterocycles. The second kappa shape index (κ2) is 6.70. The highest BCUT2D eigenvalue weighted by Gasteiger charge is 2.30. The van der Waals surface area contributed by atoms with Crippen LogP contribution in [0, 0.1) is 5.92 Å². The Hall–Kier alpha value is -1.14. The van der Waals surface area contributed by atoms with Crippen LogP contribution in [-0.2, 0) is 4.79 Å². The predicted octanol–water partition coefficient (Wildman–Crippen LogP) is -0.110. The first-order valence-electron chi connectivity index (χ1n) is 6.51. The van der Waals surface area contributed by atoms with E-state index in [-0.39, 0.29) is 18.0 Å². The van der Waals surface area contributed by atoms with E-state index in [9.17, 15) is 9.59 Å². The van der Waals surface area contributed by atoms with Crippen molar-refractivity contribution >= 4 is 11.9 Å². The second-order valence-corrected chi connectivity index (χ2v) is 4.86. The van der Waals surface area contributed by atoms with Gasteiger partial charge in [-0.15, -0.1) is 0 Å². The van der Waals surface area contributed by atoms with Crippen molar-refractivity contribution in [3.05, 3.63) is 0 Å². The Balaban J connectivity index is 2.53. The highest BCUT2D eigenvalue weighted by Crippen LogP contribution is 2.20. The smallest absolute Gasteiger partial charge is 0.321 e. The van der Waals surface area contributed by atoms with E-state index in [1.165, 1.54) is 7.05 Å². The first kappa shape index (κ1) is 14.9. The highest BCUT2D eigenvalue weighted by molar-refractivity contribution is 5.96. The van der Waals surface area contributed by atoms with Crippen molar-refractivity contribution in [3.63, 3.8) is 0 Å². The molecule has 3 atom stereocenters. The predicted molar refractivity (Wildman–Crippen MR) is 70.0 cm³/mol. The number of hydrogen-bond donors (Lipinski definition) is 3. The number of carbonyl (C=O) groups excluding carboxylic acids is 2. The molecule has 1 fully saturated rings. The minimum Gasteiger partial charge on any atom is -0.341 e. The van der Waals surface area contributed by atoms with Crippen molar-refractivity contribution < 1.29 is 9.59 Å². The Kier molecular flexibility index (Phi) is 5.55. The third-order valence-corrected chi connectivity index (χ3v) is 3.74. The SMILES string of the molecule is CCC1CN(C(C)C(=O)NC(=O)NC)CCC1N. The molecule has 1 aliphatic rings. The Morgan fingerprint density at radius 2 is 2.17 bits per heavy atom. The van der Waals surface area contributed by atoms with Gasteiger partial charge in [0.15, 0.2) is 0 Å². The van der Waals surface area contributed by atoms with Gasteiger partial charge in [-0.05, 0) is 19.3 Å². The van der Waals surface area contributed by atoms with E-state index in [2.05, 4.69) is 22.5 Å². The van der Waals surface area contributed by atoms with Crippen molar-refractivity contribution in [2.75, 3.05) is 20.1 Å². The van der Waals surface area contributed by atoms with Crippen molar-refractivity contribution in [2.45, 2.75) is 38.8 Å². The summed E-state index contributed by atoms with van der Waals surface area (Å²) in [5.41, 5.74) is 6.04. The van der Waals surface area contributed by atoms with Crippen molar-refractivity contribution in [2.24, 2.45) is 11.7 Å². The topological polar surface area (TPSA) is 87.5 Å². The van der Waals surface area contributed by atoms with Crippen LogP contribution in [0.2, 0.25) is 0 Å². The summed E-state index contributed by atoms with van der Waals surface area (Å²) in [4.78, 5) is 25.0. The molecule has 0 saturated carbocycles. The van der Waals surface area contributed by atoms with Gasteiger partial charge in [0.05, 0.1) is 6.04 Å². The number of carbonyl (C=O) groups is 2. The normalized spacial score (nSPS) is 26.4. The molecule has 0 aliphatic carbocycles. The summed E-state index contributed by atoms with van der Waals surface area (Å²) in [6.45, 7) is 5.56. The lowest BCUT2D eigenvalue weighted by Crippen LogP contribution is -2.55. The van der Waals surface area contributed by atoms with E-state index < -0.39 is 6.03 Å². The number of rotatable bonds is 3. The van der Waals surface area contributed by atoms with Gasteiger partial charge in [-0.1, -0.05) is 13.3 Å². The van der Waals surface area contributed by atoms with Gasteiger partial charge < -0.3 is 11.1 Å². The number of nitrogens with zero attached hydrogens (tertiary/aromatic N) is 1. The molecule has 18 heavy (non-hydrogen) atoms. The monoisotopic (exact) mass is 256 g/mol. The van der Waals surface area contributed by atoms with Crippen molar-refractivity contribution in [1.29, 1.82) is 0 Å². The quantitative estimate of drug-likeness (QED) is 0.657. The summed E-state index contributed by atoms with van der Waals surface area (Å²) in [7, 11) is 1.49. The maximum Gasteiger partial charge on any atom is 0.321 e. The average Bonchev–Trinajstić information content (AvgIpc) is 2.38. The van der Waals surface area contributed by atoms with Gasteiger partial charge in [0.25, 0.3) is 0 Å². The number of nitrogens with two attached hydrogens (primary N) is 1. The van der Waals surface area contributed by atoms with Gasteiger partial charge in [-0.25, -0.2) is 4.79 Å². The van der Waals surface area contributed by atoms with Gasteiger partial charge in [0, 0.05) is 26.2 Å². The number of likely N-dealkylation sites (tertiary alicyclic amines) is 1. The van der Waals surface area contributed by atoms with Crippen LogP contribution in [0.5, 0.6) is 0 Å². The van der Waals surface area contributed by atoms with Gasteiger partial charge in [0.1, 0.15) is 0 Å². The summed E-state index contributed by atoms with van der Waals surface area (Å²) >= 11 is 0. The third-order valence-electron chi connectivity index (χ3n) is 3.74. The lowest BCUT2D eigenvalue weighted by atomic mass is 9.90. The molecule has 6 heteroatoms. The molecule has 0 radical (unpaired) electrons. The lowest BCUT2D eigenvalue weighted by molar-refractivity contribution is -0.125. The van der Waals surface area contributed by atoms with E-state index in [0.717, 1.165) is 25.9 Å². The zero-order valence-corrected chi connectivity index (χ0v) is 11.4. The molecule has 1 saturated heterocycles. The number of amides is 3. The second-order valence-electron chi connectivity index (χ2n) is 4.86.